The summed E-state index contributed by atoms with van der Waals surface area (Å²) < 4.78 is 0. The fourth-order valence-corrected chi connectivity index (χ4v) is 3.64. The molecular weight excluding hydrogens is 280 g/mol. The van der Waals surface area contributed by atoms with Gasteiger partial charge in [-0.3, -0.25) is 0 Å². The molecule has 1 aliphatic rings. The number of fused-ring (bicyclic) bond motifs is 1. The maximum Gasteiger partial charge on any atom is 0.320 e. The second-order valence-electron chi connectivity index (χ2n) is 7.75. The molecule has 2 nitrogen and oxygen atoms in total. The van der Waals surface area contributed by atoms with Crippen LogP contribution in [0.5, 0.6) is 0 Å². The summed E-state index contributed by atoms with van der Waals surface area (Å²) in [7, 11) is 0. The molecule has 0 aliphatic heterocycles. The van der Waals surface area contributed by atoms with Crippen molar-refractivity contribution in [1.82, 2.24) is 0 Å². The molecule has 0 N–H and O–H groups in total. The molecule has 0 bridgehead atoms. The number of benzene rings is 1. The van der Waals surface area contributed by atoms with Crippen LogP contribution < -0.4 is 10.4 Å². The SMILES string of the molecule is CCCCCCCC(C1=c2ccccc2=CC1=[N+]=[N-])C(C)(C)C. The van der Waals surface area contributed by atoms with Crippen molar-refractivity contribution in [2.45, 2.75) is 66.2 Å². The van der Waals surface area contributed by atoms with E-state index in [1.807, 2.05) is 12.1 Å². The molecule has 0 saturated carbocycles. The van der Waals surface area contributed by atoms with Gasteiger partial charge in [-0.05, 0) is 28.2 Å². The minimum atomic E-state index is 0.154. The Hall–Kier alpha value is -1.66. The van der Waals surface area contributed by atoms with E-state index < -0.39 is 0 Å². The maximum atomic E-state index is 9.50. The van der Waals surface area contributed by atoms with Crippen LogP contribution in [0.15, 0.2) is 24.3 Å². The minimum Gasteiger partial charge on any atom is -0.361 e. The Bertz CT molecular complexity index is 700. The molecule has 1 unspecified atom stereocenters. The molecule has 23 heavy (non-hydrogen) atoms. The third kappa shape index (κ3) is 4.20. The lowest BCUT2D eigenvalue weighted by Crippen LogP contribution is -2.31. The van der Waals surface area contributed by atoms with E-state index in [9.17, 15) is 5.53 Å². The smallest absolute Gasteiger partial charge is 0.320 e. The lowest BCUT2D eigenvalue weighted by Gasteiger charge is -2.31. The van der Waals surface area contributed by atoms with Gasteiger partial charge in [0.15, 0.2) is 0 Å². The zero-order valence-corrected chi connectivity index (χ0v) is 15.1. The average Bonchev–Trinajstić information content (AvgIpc) is 2.88. The first-order valence-electron chi connectivity index (χ1n) is 9.02. The highest BCUT2D eigenvalue weighted by molar-refractivity contribution is 6.33. The summed E-state index contributed by atoms with van der Waals surface area (Å²) in [5, 5.41) is 2.42. The zero-order chi connectivity index (χ0) is 16.9. The van der Waals surface area contributed by atoms with Crippen LogP contribution in [-0.2, 0) is 0 Å². The van der Waals surface area contributed by atoms with Gasteiger partial charge in [-0.2, -0.15) is 4.79 Å². The highest BCUT2D eigenvalue weighted by Gasteiger charge is 2.35. The Kier molecular flexibility index (Phi) is 5.96. The third-order valence-electron chi connectivity index (χ3n) is 4.92. The van der Waals surface area contributed by atoms with Gasteiger partial charge in [0.1, 0.15) is 0 Å². The molecule has 1 aromatic carbocycles. The average molecular weight is 310 g/mol. The van der Waals surface area contributed by atoms with Gasteiger partial charge < -0.3 is 5.53 Å². The predicted molar refractivity (Wildman–Crippen MR) is 98.5 cm³/mol. The van der Waals surface area contributed by atoms with Crippen molar-refractivity contribution in [2.75, 3.05) is 0 Å². The molecule has 1 atom stereocenters. The monoisotopic (exact) mass is 310 g/mol. The summed E-state index contributed by atoms with van der Waals surface area (Å²) in [5.74, 6) is 0.412. The molecule has 0 spiro atoms. The molecule has 0 radical (unpaired) electrons. The van der Waals surface area contributed by atoms with Crippen LogP contribution >= 0.6 is 0 Å². The highest BCUT2D eigenvalue weighted by Crippen LogP contribution is 2.37. The molecule has 1 aromatic rings. The molecule has 0 heterocycles. The zero-order valence-electron chi connectivity index (χ0n) is 15.1. The van der Waals surface area contributed by atoms with Gasteiger partial charge in [-0.1, -0.05) is 84.1 Å². The lowest BCUT2D eigenvalue weighted by molar-refractivity contribution is -0.000331. The number of rotatable bonds is 7. The van der Waals surface area contributed by atoms with Gasteiger partial charge in [-0.25, -0.2) is 0 Å². The summed E-state index contributed by atoms with van der Waals surface area (Å²) in [5.41, 5.74) is 11.6. The van der Waals surface area contributed by atoms with E-state index in [4.69, 9.17) is 0 Å². The summed E-state index contributed by atoms with van der Waals surface area (Å²) in [6.45, 7) is 9.15. The summed E-state index contributed by atoms with van der Waals surface area (Å²) >= 11 is 0. The van der Waals surface area contributed by atoms with Crippen LogP contribution in [0.3, 0.4) is 0 Å². The predicted octanol–water partition coefficient (Wildman–Crippen LogP) is 4.33. The van der Waals surface area contributed by atoms with E-state index in [1.165, 1.54) is 48.1 Å². The molecule has 0 saturated heterocycles. The van der Waals surface area contributed by atoms with Crippen molar-refractivity contribution in [3.05, 3.63) is 40.2 Å². The minimum absolute atomic E-state index is 0.154. The van der Waals surface area contributed by atoms with Gasteiger partial charge in [0.25, 0.3) is 0 Å². The first kappa shape index (κ1) is 17.7. The fraction of sp³-hybridized carbons (Fsp3) is 0.571. The second-order valence-corrected chi connectivity index (χ2v) is 7.75. The van der Waals surface area contributed by atoms with Crippen LogP contribution in [0.1, 0.15) is 66.2 Å². The number of unbranched alkanes of at least 4 members (excludes halogenated alkanes) is 4. The van der Waals surface area contributed by atoms with Gasteiger partial charge in [0.2, 0.25) is 0 Å². The Balaban J connectivity index is 2.33. The van der Waals surface area contributed by atoms with Gasteiger partial charge >= 0.3 is 5.71 Å². The van der Waals surface area contributed by atoms with Crippen LogP contribution in [0.4, 0.5) is 0 Å². The van der Waals surface area contributed by atoms with Gasteiger partial charge in [0, 0.05) is 6.08 Å². The summed E-state index contributed by atoms with van der Waals surface area (Å²) in [6.07, 6.45) is 9.65. The molecule has 1 aliphatic carbocycles. The first-order valence-corrected chi connectivity index (χ1v) is 9.02. The second kappa shape index (κ2) is 7.75. The summed E-state index contributed by atoms with van der Waals surface area (Å²) in [6, 6.07) is 8.39. The van der Waals surface area contributed by atoms with Crippen molar-refractivity contribution >= 4 is 17.4 Å². The van der Waals surface area contributed by atoms with E-state index in [1.54, 1.807) is 0 Å². The van der Waals surface area contributed by atoms with Gasteiger partial charge in [0.05, 0.1) is 5.57 Å². The van der Waals surface area contributed by atoms with E-state index in [2.05, 4.69) is 50.7 Å². The quantitative estimate of drug-likeness (QED) is 0.408. The maximum absolute atomic E-state index is 9.50. The number of hydrogen-bond acceptors (Lipinski definition) is 0. The molecule has 0 amide bonds. The molecule has 0 aromatic heterocycles. The normalized spacial score (nSPS) is 15.1. The third-order valence-corrected chi connectivity index (χ3v) is 4.92. The first-order chi connectivity index (χ1) is 11.0. The lowest BCUT2D eigenvalue weighted by atomic mass is 9.72. The Morgan fingerprint density at radius 1 is 1.04 bits per heavy atom. The van der Waals surface area contributed by atoms with Crippen molar-refractivity contribution in [2.24, 2.45) is 11.3 Å². The van der Waals surface area contributed by atoms with Crippen molar-refractivity contribution in [3.8, 4) is 0 Å². The summed E-state index contributed by atoms with van der Waals surface area (Å²) in [4.78, 5) is 3.60. The highest BCUT2D eigenvalue weighted by atomic mass is 14.9. The fourth-order valence-electron chi connectivity index (χ4n) is 3.64. The van der Waals surface area contributed by atoms with Crippen molar-refractivity contribution < 1.29 is 4.79 Å². The van der Waals surface area contributed by atoms with Gasteiger partial charge in [-0.15, -0.1) is 0 Å². The van der Waals surface area contributed by atoms with E-state index in [0.717, 1.165) is 12.1 Å². The standard InChI is InChI=1S/C21H30N2/c1-5-6-7-8-9-14-18(21(2,3)4)20-17-13-11-10-12-16(17)15-19(20)23-22/h10-13,15,18H,5-9,14H2,1-4H3. The van der Waals surface area contributed by atoms with Crippen molar-refractivity contribution in [3.63, 3.8) is 0 Å². The van der Waals surface area contributed by atoms with Crippen LogP contribution in [0.25, 0.3) is 17.2 Å². The molecule has 2 rings (SSSR count). The molecule has 2 heteroatoms. The van der Waals surface area contributed by atoms with E-state index in [-0.39, 0.29) is 5.41 Å². The topological polar surface area (TPSA) is 36.4 Å². The largest absolute Gasteiger partial charge is 0.361 e. The number of nitrogens with zero attached hydrogens (tertiary/aromatic N) is 2. The van der Waals surface area contributed by atoms with Crippen LogP contribution in [0, 0.1) is 11.3 Å². The van der Waals surface area contributed by atoms with Crippen molar-refractivity contribution in [1.29, 1.82) is 0 Å². The molecule has 124 valence electrons. The van der Waals surface area contributed by atoms with E-state index >= 15 is 0 Å². The number of hydrogen-bond donors (Lipinski definition) is 0. The Morgan fingerprint density at radius 2 is 1.74 bits per heavy atom. The van der Waals surface area contributed by atoms with Crippen LogP contribution in [-0.4, -0.2) is 10.5 Å². The van der Waals surface area contributed by atoms with E-state index in [0.29, 0.717) is 5.92 Å². The van der Waals surface area contributed by atoms with Crippen LogP contribution in [0.2, 0.25) is 0 Å². The Labute approximate surface area is 140 Å². The molecular formula is C21H30N2. The Morgan fingerprint density at radius 3 is 2.39 bits per heavy atom. The molecule has 0 fully saturated rings.